The molecule has 1 fully saturated rings. The number of aryl methyl sites for hydroxylation is 1. The number of nitrogens with zero attached hydrogens (tertiary/aromatic N) is 3. The average molecular weight is 237 g/mol. The molecule has 0 bridgehead atoms. The zero-order valence-electron chi connectivity index (χ0n) is 10.3. The van der Waals surface area contributed by atoms with Crippen LogP contribution < -0.4 is 11.1 Å². The number of amides is 1. The molecule has 0 radical (unpaired) electrons. The Kier molecular flexibility index (Phi) is 3.15. The van der Waals surface area contributed by atoms with E-state index in [0.29, 0.717) is 6.42 Å². The minimum absolute atomic E-state index is 0.0114. The third kappa shape index (κ3) is 2.63. The fourth-order valence-electron chi connectivity index (χ4n) is 2.17. The van der Waals surface area contributed by atoms with Crippen LogP contribution in [0.5, 0.6) is 0 Å². The van der Waals surface area contributed by atoms with Crippen LogP contribution in [0.1, 0.15) is 44.5 Å². The van der Waals surface area contributed by atoms with Crippen molar-refractivity contribution < 1.29 is 4.79 Å². The Bertz CT molecular complexity index is 410. The number of hydrogen-bond donors (Lipinski definition) is 2. The third-order valence-electron chi connectivity index (χ3n) is 3.37. The molecule has 6 nitrogen and oxygen atoms in total. The standard InChI is InChI=1S/C11H19N5O/c1-8(10-15-13-7-16(10)2)14-9(17)6-11(12)4-3-5-11/h7-8H,3-6,12H2,1-2H3,(H,14,17). The van der Waals surface area contributed by atoms with Crippen LogP contribution in [-0.4, -0.2) is 26.2 Å². The molecular formula is C11H19N5O. The number of nitrogens with two attached hydrogens (primary N) is 1. The lowest BCUT2D eigenvalue weighted by molar-refractivity contribution is -0.123. The Labute approximate surface area is 101 Å². The van der Waals surface area contributed by atoms with Gasteiger partial charge in [-0.2, -0.15) is 0 Å². The van der Waals surface area contributed by atoms with Gasteiger partial charge in [0.25, 0.3) is 0 Å². The number of aromatic nitrogens is 3. The van der Waals surface area contributed by atoms with Crippen molar-refractivity contribution in [2.45, 2.75) is 44.2 Å². The van der Waals surface area contributed by atoms with Crippen molar-refractivity contribution in [3.8, 4) is 0 Å². The van der Waals surface area contributed by atoms with Gasteiger partial charge in [-0.05, 0) is 26.2 Å². The molecule has 1 amide bonds. The van der Waals surface area contributed by atoms with Crippen LogP contribution in [0.25, 0.3) is 0 Å². The normalized spacial score (nSPS) is 19.5. The Hall–Kier alpha value is -1.43. The maximum atomic E-state index is 11.8. The lowest BCUT2D eigenvalue weighted by atomic mass is 9.75. The molecule has 6 heteroatoms. The first kappa shape index (κ1) is 12.0. The van der Waals surface area contributed by atoms with Crippen LogP contribution in [0.2, 0.25) is 0 Å². The quantitative estimate of drug-likeness (QED) is 0.786. The van der Waals surface area contributed by atoms with Gasteiger partial charge < -0.3 is 15.6 Å². The van der Waals surface area contributed by atoms with Crippen molar-refractivity contribution in [3.05, 3.63) is 12.2 Å². The lowest BCUT2D eigenvalue weighted by Crippen LogP contribution is -2.50. The van der Waals surface area contributed by atoms with E-state index in [0.717, 1.165) is 25.1 Å². The summed E-state index contributed by atoms with van der Waals surface area (Å²) in [5.74, 6) is 0.737. The molecule has 17 heavy (non-hydrogen) atoms. The van der Waals surface area contributed by atoms with Gasteiger partial charge in [-0.25, -0.2) is 0 Å². The summed E-state index contributed by atoms with van der Waals surface area (Å²) in [6.45, 7) is 1.89. The van der Waals surface area contributed by atoms with Crippen LogP contribution >= 0.6 is 0 Å². The van der Waals surface area contributed by atoms with E-state index < -0.39 is 0 Å². The van der Waals surface area contributed by atoms with Crippen LogP contribution in [0.3, 0.4) is 0 Å². The predicted molar refractivity (Wildman–Crippen MR) is 62.9 cm³/mol. The first-order valence-corrected chi connectivity index (χ1v) is 5.92. The smallest absolute Gasteiger partial charge is 0.222 e. The lowest BCUT2D eigenvalue weighted by Gasteiger charge is -2.37. The Morgan fingerprint density at radius 2 is 2.41 bits per heavy atom. The molecule has 1 aliphatic rings. The van der Waals surface area contributed by atoms with Gasteiger partial charge in [0.2, 0.25) is 5.91 Å². The van der Waals surface area contributed by atoms with Gasteiger partial charge in [-0.1, -0.05) is 0 Å². The zero-order valence-corrected chi connectivity index (χ0v) is 10.3. The summed E-state index contributed by atoms with van der Waals surface area (Å²) < 4.78 is 1.80. The largest absolute Gasteiger partial charge is 0.346 e. The van der Waals surface area contributed by atoms with Crippen molar-refractivity contribution in [1.29, 1.82) is 0 Å². The van der Waals surface area contributed by atoms with E-state index in [-0.39, 0.29) is 17.5 Å². The Morgan fingerprint density at radius 1 is 1.71 bits per heavy atom. The summed E-state index contributed by atoms with van der Waals surface area (Å²) in [6.07, 6.45) is 5.03. The number of rotatable bonds is 4. The van der Waals surface area contributed by atoms with E-state index in [9.17, 15) is 4.79 Å². The van der Waals surface area contributed by atoms with Crippen LogP contribution in [0, 0.1) is 0 Å². The van der Waals surface area contributed by atoms with Gasteiger partial charge in [-0.3, -0.25) is 4.79 Å². The van der Waals surface area contributed by atoms with E-state index >= 15 is 0 Å². The average Bonchev–Trinajstić information content (AvgIpc) is 2.61. The van der Waals surface area contributed by atoms with Gasteiger partial charge in [0.15, 0.2) is 5.82 Å². The summed E-state index contributed by atoms with van der Waals surface area (Å²) in [5.41, 5.74) is 5.76. The molecule has 2 rings (SSSR count). The number of nitrogens with one attached hydrogen (secondary N) is 1. The third-order valence-corrected chi connectivity index (χ3v) is 3.37. The topological polar surface area (TPSA) is 85.8 Å². The highest BCUT2D eigenvalue weighted by atomic mass is 16.1. The molecule has 1 aromatic heterocycles. The molecule has 0 spiro atoms. The summed E-state index contributed by atoms with van der Waals surface area (Å²) in [7, 11) is 1.86. The molecule has 1 atom stereocenters. The van der Waals surface area contributed by atoms with Crippen LogP contribution in [0.15, 0.2) is 6.33 Å². The maximum Gasteiger partial charge on any atom is 0.222 e. The second-order valence-electron chi connectivity index (χ2n) is 4.98. The van der Waals surface area contributed by atoms with Gasteiger partial charge in [-0.15, -0.1) is 10.2 Å². The monoisotopic (exact) mass is 237 g/mol. The summed E-state index contributed by atoms with van der Waals surface area (Å²) in [6, 6.07) is -0.140. The molecule has 0 saturated heterocycles. The van der Waals surface area contributed by atoms with E-state index in [1.807, 2.05) is 14.0 Å². The van der Waals surface area contributed by atoms with Crippen molar-refractivity contribution in [2.75, 3.05) is 0 Å². The second-order valence-corrected chi connectivity index (χ2v) is 4.98. The van der Waals surface area contributed by atoms with E-state index in [1.54, 1.807) is 10.9 Å². The molecule has 1 heterocycles. The predicted octanol–water partition coefficient (Wildman–Crippen LogP) is 0.264. The minimum Gasteiger partial charge on any atom is -0.346 e. The Morgan fingerprint density at radius 3 is 2.88 bits per heavy atom. The number of hydrogen-bond acceptors (Lipinski definition) is 4. The summed E-state index contributed by atoms with van der Waals surface area (Å²) >= 11 is 0. The van der Waals surface area contributed by atoms with Gasteiger partial charge in [0.1, 0.15) is 6.33 Å². The first-order chi connectivity index (χ1) is 8.00. The van der Waals surface area contributed by atoms with Crippen molar-refractivity contribution in [3.63, 3.8) is 0 Å². The van der Waals surface area contributed by atoms with Crippen molar-refractivity contribution in [2.24, 2.45) is 12.8 Å². The molecule has 3 N–H and O–H groups in total. The highest BCUT2D eigenvalue weighted by Crippen LogP contribution is 2.32. The van der Waals surface area contributed by atoms with E-state index in [4.69, 9.17) is 5.73 Å². The zero-order chi connectivity index (χ0) is 12.5. The van der Waals surface area contributed by atoms with E-state index in [2.05, 4.69) is 15.5 Å². The van der Waals surface area contributed by atoms with Crippen LogP contribution in [-0.2, 0) is 11.8 Å². The maximum absolute atomic E-state index is 11.8. The fraction of sp³-hybridized carbons (Fsp3) is 0.727. The number of carbonyl (C=O) groups is 1. The second kappa shape index (κ2) is 4.44. The van der Waals surface area contributed by atoms with Gasteiger partial charge >= 0.3 is 0 Å². The van der Waals surface area contributed by atoms with Gasteiger partial charge in [0.05, 0.1) is 6.04 Å². The van der Waals surface area contributed by atoms with Crippen molar-refractivity contribution >= 4 is 5.91 Å². The highest BCUT2D eigenvalue weighted by molar-refractivity contribution is 5.77. The molecule has 1 aromatic rings. The molecule has 0 aromatic carbocycles. The molecule has 1 aliphatic carbocycles. The number of carbonyl (C=O) groups excluding carboxylic acids is 1. The SMILES string of the molecule is CC(NC(=O)CC1(N)CCC1)c1nncn1C. The molecule has 1 unspecified atom stereocenters. The van der Waals surface area contributed by atoms with Crippen molar-refractivity contribution in [1.82, 2.24) is 20.1 Å². The van der Waals surface area contributed by atoms with Gasteiger partial charge in [0, 0.05) is 19.0 Å². The molecule has 0 aliphatic heterocycles. The van der Waals surface area contributed by atoms with Crippen LogP contribution in [0.4, 0.5) is 0 Å². The molecular weight excluding hydrogens is 218 g/mol. The summed E-state index contributed by atoms with van der Waals surface area (Å²) in [5, 5.41) is 10.7. The highest BCUT2D eigenvalue weighted by Gasteiger charge is 2.35. The molecule has 1 saturated carbocycles. The summed E-state index contributed by atoms with van der Waals surface area (Å²) in [4.78, 5) is 11.8. The Balaban J connectivity index is 1.88. The van der Waals surface area contributed by atoms with E-state index in [1.165, 1.54) is 0 Å². The molecule has 94 valence electrons. The fourth-order valence-corrected chi connectivity index (χ4v) is 2.17. The minimum atomic E-state index is -0.274. The first-order valence-electron chi connectivity index (χ1n) is 5.92.